The minimum absolute atomic E-state index is 0. The fourth-order valence-electron chi connectivity index (χ4n) is 8.24. The fourth-order valence-corrected chi connectivity index (χ4v) is 13.1. The van der Waals surface area contributed by atoms with Crippen molar-refractivity contribution in [2.45, 2.75) is 158 Å². The number of hydrogen-bond acceptors (Lipinski definition) is 20. The van der Waals surface area contributed by atoms with Crippen LogP contribution in [0.3, 0.4) is 0 Å². The Hall–Kier alpha value is -2.88. The molecule has 8 heterocycles. The van der Waals surface area contributed by atoms with Crippen LogP contribution in [0, 0.1) is 27.7 Å². The standard InChI is InChI=1S/4C13H16N2O3S.4Na.3H2O/c4*1-3-4-5-6-8-7(2)9-11(16)14-10(13(17)18)15-12(9)19-8;;;;;;;/h4*3-6H2,1-2H3,(H,17,18)(H,14,15,16);;;;;3*1H2/q;;;;4*+1;;;/p-4. The molecule has 0 aliphatic heterocycles. The second-order valence-corrected chi connectivity index (χ2v) is 22.3. The first-order valence-electron chi connectivity index (χ1n) is 25.1. The van der Waals surface area contributed by atoms with Crippen molar-refractivity contribution < 1.29 is 174 Å². The van der Waals surface area contributed by atoms with E-state index in [4.69, 9.17) is 0 Å². The van der Waals surface area contributed by atoms with Crippen molar-refractivity contribution in [2.24, 2.45) is 0 Å². The summed E-state index contributed by atoms with van der Waals surface area (Å²) >= 11 is 5.59. The maximum absolute atomic E-state index is 11.9. The van der Waals surface area contributed by atoms with Gasteiger partial charge in [-0.05, 0) is 101 Å². The second-order valence-electron chi connectivity index (χ2n) is 18.0. The molecule has 10 N–H and O–H groups in total. The van der Waals surface area contributed by atoms with Crippen molar-refractivity contribution in [1.29, 1.82) is 0 Å². The molecule has 0 aromatic carbocycles. The summed E-state index contributed by atoms with van der Waals surface area (Å²) in [5.41, 5.74) is 2.03. The quantitative estimate of drug-likeness (QED) is 0.0407. The van der Waals surface area contributed by atoms with Gasteiger partial charge in [-0.1, -0.05) is 79.1 Å². The molecule has 432 valence electrons. The first-order valence-corrected chi connectivity index (χ1v) is 28.4. The summed E-state index contributed by atoms with van der Waals surface area (Å²) in [4.78, 5) is 122. The number of thiophene rings is 4. The largest absolute Gasteiger partial charge is 1.00 e. The number of hydrogen-bond donors (Lipinski definition) is 4. The Morgan fingerprint density at radius 1 is 0.349 bits per heavy atom. The second kappa shape index (κ2) is 40.6. The third kappa shape index (κ3) is 22.3. The van der Waals surface area contributed by atoms with E-state index in [2.05, 4.69) is 67.6 Å². The smallest absolute Gasteiger partial charge is 0.542 e. The molecule has 0 fully saturated rings. The Bertz CT molecular complexity index is 3190. The van der Waals surface area contributed by atoms with Gasteiger partial charge in [0.2, 0.25) is 0 Å². The number of aromatic carboxylic acids is 4. The first kappa shape index (κ1) is 84.3. The summed E-state index contributed by atoms with van der Waals surface area (Å²) in [6.45, 7) is 16.1. The molecule has 8 aromatic heterocycles. The van der Waals surface area contributed by atoms with Gasteiger partial charge in [0.15, 0.2) is 23.3 Å². The molecule has 0 aliphatic rings. The van der Waals surface area contributed by atoms with Gasteiger partial charge >= 0.3 is 118 Å². The number of aromatic nitrogens is 8. The van der Waals surface area contributed by atoms with E-state index in [0.717, 1.165) is 144 Å². The van der Waals surface area contributed by atoms with Gasteiger partial charge in [0, 0.05) is 19.5 Å². The SMILES string of the molecule is CCCCCc1sc2nc(C(=O)[O-])[nH]c(=O)c2c1C.CCCCCc1sc2nc(C(=O)[O-])[nH]c(=O)c2c1C.CCCCCc1sc2nc(C(=O)[O-])[nH]c(=O)c2c1C.CCCCCc1sc2nc(C(=O)[O-])[nH]c(=O)c2c1C.O.O.O.[Na+].[Na+].[Na+].[Na+]. The van der Waals surface area contributed by atoms with E-state index in [0.29, 0.717) is 40.9 Å². The molecule has 83 heavy (non-hydrogen) atoms. The van der Waals surface area contributed by atoms with Crippen LogP contribution in [0.1, 0.15) is 189 Å². The number of unbranched alkanes of at least 4 members (excludes halogenated alkanes) is 8. The van der Waals surface area contributed by atoms with Crippen LogP contribution in [0.5, 0.6) is 0 Å². The van der Waals surface area contributed by atoms with Crippen molar-refractivity contribution in [1.82, 2.24) is 39.9 Å². The molecule has 0 unspecified atom stereocenters. The number of aromatic amines is 4. The third-order valence-electron chi connectivity index (χ3n) is 12.4. The molecule has 0 spiro atoms. The fraction of sp³-hybridized carbons (Fsp3) is 0.462. The molecule has 8 aromatic rings. The average molecular weight is 1260 g/mol. The average Bonchev–Trinajstić information content (AvgIpc) is 4.08. The van der Waals surface area contributed by atoms with E-state index in [9.17, 15) is 58.8 Å². The van der Waals surface area contributed by atoms with Crippen LogP contribution in [0.15, 0.2) is 19.2 Å². The van der Waals surface area contributed by atoms with Crippen molar-refractivity contribution in [3.63, 3.8) is 0 Å². The summed E-state index contributed by atoms with van der Waals surface area (Å²) in [7, 11) is 0. The van der Waals surface area contributed by atoms with Gasteiger partial charge in [-0.2, -0.15) is 0 Å². The summed E-state index contributed by atoms with van der Waals surface area (Å²) in [5.74, 6) is -7.46. The summed E-state index contributed by atoms with van der Waals surface area (Å²) in [5, 5.41) is 45.0. The van der Waals surface area contributed by atoms with E-state index in [1.54, 1.807) is 0 Å². The predicted octanol–water partition coefficient (Wildman–Crippen LogP) is -8.90. The van der Waals surface area contributed by atoms with Gasteiger partial charge in [0.25, 0.3) is 22.2 Å². The van der Waals surface area contributed by atoms with Crippen molar-refractivity contribution >= 4 is 110 Å². The minimum Gasteiger partial charge on any atom is -0.542 e. The summed E-state index contributed by atoms with van der Waals surface area (Å²) in [6.07, 6.45) is 17.0. The van der Waals surface area contributed by atoms with Crippen LogP contribution < -0.4 is 161 Å². The van der Waals surface area contributed by atoms with Crippen molar-refractivity contribution in [3.05, 3.63) is 106 Å². The van der Waals surface area contributed by atoms with Gasteiger partial charge in [0.05, 0.1) is 21.5 Å². The number of nitrogens with one attached hydrogen (secondary N) is 4. The van der Waals surface area contributed by atoms with Crippen LogP contribution in [0.4, 0.5) is 0 Å². The van der Waals surface area contributed by atoms with Crippen LogP contribution in [-0.2, 0) is 25.7 Å². The number of aryl methyl sites for hydroxylation is 8. The Labute approximate surface area is 581 Å². The van der Waals surface area contributed by atoms with E-state index >= 15 is 0 Å². The van der Waals surface area contributed by atoms with E-state index < -0.39 is 69.4 Å². The number of carbonyl (C=O) groups excluding carboxylic acids is 4. The summed E-state index contributed by atoms with van der Waals surface area (Å²) < 4.78 is 0. The number of carboxylic acids is 4. The zero-order valence-corrected chi connectivity index (χ0v) is 60.4. The Balaban J connectivity index is -0.000001000. The number of nitrogens with zero attached hydrogens (tertiary/aromatic N) is 4. The Morgan fingerprint density at radius 2 is 0.518 bits per heavy atom. The molecule has 8 rings (SSSR count). The number of carboxylic acid groups (broad SMARTS) is 4. The molecule has 0 aliphatic carbocycles. The molecule has 0 atom stereocenters. The maximum atomic E-state index is 11.9. The molecule has 0 saturated carbocycles. The van der Waals surface area contributed by atoms with E-state index in [-0.39, 0.29) is 135 Å². The molecule has 0 bridgehead atoms. The molecular weight excluding hydrogens is 1200 g/mol. The number of fused-ring (bicyclic) bond motifs is 4. The molecule has 31 heteroatoms. The molecule has 0 amide bonds. The monoisotopic (exact) mass is 1260 g/mol. The molecule has 23 nitrogen and oxygen atoms in total. The van der Waals surface area contributed by atoms with Crippen LogP contribution in [-0.4, -0.2) is 80.2 Å². The van der Waals surface area contributed by atoms with Gasteiger partial charge in [0.1, 0.15) is 43.2 Å². The zero-order chi connectivity index (χ0) is 56.0. The Kier molecular flexibility index (Phi) is 41.2. The van der Waals surface area contributed by atoms with Crippen LogP contribution in [0.25, 0.3) is 40.9 Å². The van der Waals surface area contributed by atoms with Crippen molar-refractivity contribution in [3.8, 4) is 0 Å². The topological polar surface area (TPSA) is 438 Å². The number of rotatable bonds is 20. The third-order valence-corrected chi connectivity index (χ3v) is 17.4. The van der Waals surface area contributed by atoms with Gasteiger partial charge < -0.3 is 76.0 Å². The minimum atomic E-state index is -1.46. The first-order chi connectivity index (χ1) is 36.2. The van der Waals surface area contributed by atoms with Gasteiger partial charge in [-0.25, -0.2) is 19.9 Å². The van der Waals surface area contributed by atoms with E-state index in [1.807, 2.05) is 27.7 Å². The summed E-state index contributed by atoms with van der Waals surface area (Å²) in [6, 6.07) is 0. The normalized spacial score (nSPS) is 10.1. The van der Waals surface area contributed by atoms with E-state index in [1.165, 1.54) is 45.3 Å². The Morgan fingerprint density at radius 3 is 0.663 bits per heavy atom. The molecule has 0 radical (unpaired) electrons. The molecular formula is C52H66N8Na4O15S4. The van der Waals surface area contributed by atoms with Crippen molar-refractivity contribution in [2.75, 3.05) is 0 Å². The van der Waals surface area contributed by atoms with Crippen LogP contribution >= 0.6 is 45.3 Å². The molecule has 0 saturated heterocycles. The van der Waals surface area contributed by atoms with Gasteiger partial charge in [-0.3, -0.25) is 19.2 Å². The van der Waals surface area contributed by atoms with Gasteiger partial charge in [-0.15, -0.1) is 45.3 Å². The number of H-pyrrole nitrogens is 4. The van der Waals surface area contributed by atoms with Crippen LogP contribution in [0.2, 0.25) is 0 Å². The number of carbonyl (C=O) groups is 4. The maximum Gasteiger partial charge on any atom is 1.00 e. The predicted molar refractivity (Wildman–Crippen MR) is 301 cm³/mol. The zero-order valence-electron chi connectivity index (χ0n) is 49.1.